The Bertz CT molecular complexity index is 1220. The number of anilines is 1. The minimum atomic E-state index is -0.554. The van der Waals surface area contributed by atoms with Crippen LogP contribution in [0.1, 0.15) is 24.9 Å². The lowest BCUT2D eigenvalue weighted by Crippen LogP contribution is -2.37. The number of amidine groups is 1. The van der Waals surface area contributed by atoms with Crippen molar-refractivity contribution in [3.63, 3.8) is 0 Å². The van der Waals surface area contributed by atoms with Crippen LogP contribution in [-0.4, -0.2) is 28.6 Å². The lowest BCUT2D eigenvalue weighted by Gasteiger charge is -2.36. The number of nitrogens with one attached hydrogen (secondary N) is 1. The summed E-state index contributed by atoms with van der Waals surface area (Å²) >= 11 is 7.48. The summed E-state index contributed by atoms with van der Waals surface area (Å²) in [7, 11) is 0. The second kappa shape index (κ2) is 10.3. The minimum Gasteiger partial charge on any atom is -0.458 e. The number of aliphatic imine (C=N–C) groups is 1. The van der Waals surface area contributed by atoms with E-state index in [1.165, 1.54) is 42.1 Å². The molecule has 174 valence electrons. The Morgan fingerprint density at radius 2 is 1.94 bits per heavy atom. The number of carbonyl (C=O) groups excluding carboxylic acids is 2. The van der Waals surface area contributed by atoms with E-state index in [0.29, 0.717) is 32.8 Å². The van der Waals surface area contributed by atoms with Gasteiger partial charge in [0.05, 0.1) is 23.7 Å². The van der Waals surface area contributed by atoms with Crippen LogP contribution in [-0.2, 0) is 14.3 Å². The zero-order valence-electron chi connectivity index (χ0n) is 18.3. The maximum Gasteiger partial charge on any atom is 0.338 e. The fourth-order valence-electron chi connectivity index (χ4n) is 3.71. The molecule has 6 nitrogen and oxygen atoms in total. The third kappa shape index (κ3) is 5.08. The zero-order chi connectivity index (χ0) is 24.2. The van der Waals surface area contributed by atoms with Gasteiger partial charge in [0, 0.05) is 16.4 Å². The summed E-state index contributed by atoms with van der Waals surface area (Å²) < 4.78 is 18.5. The summed E-state index contributed by atoms with van der Waals surface area (Å²) in [4.78, 5) is 32.3. The number of nitrogens with zero attached hydrogens (tertiary/aromatic N) is 2. The normalized spacial score (nSPS) is 17.0. The van der Waals surface area contributed by atoms with E-state index in [1.54, 1.807) is 19.1 Å². The number of thioether (sulfide) groups is 1. The van der Waals surface area contributed by atoms with Crippen LogP contribution in [0.15, 0.2) is 88.6 Å². The first-order valence-electron chi connectivity index (χ1n) is 10.4. The Kier molecular flexibility index (Phi) is 7.19. The molecule has 2 aliphatic heterocycles. The Morgan fingerprint density at radius 1 is 1.24 bits per heavy atom. The summed E-state index contributed by atoms with van der Waals surface area (Å²) in [6.45, 7) is 5.43. The standard InChI is InChI=1S/C25H21ClFN3O3S/c1-3-12-33-24(32)22-15(2)28-25-30(23(22)16-4-6-17(26)7-5-16)20(14-34-25)13-21(31)29-19-10-8-18(27)9-11-19/h3-11,14,23H,1,12-13H2,2H3,(H,29,31). The number of hydrogen-bond acceptors (Lipinski definition) is 6. The van der Waals surface area contributed by atoms with Gasteiger partial charge < -0.3 is 15.0 Å². The highest BCUT2D eigenvalue weighted by Gasteiger charge is 2.41. The molecule has 1 unspecified atom stereocenters. The van der Waals surface area contributed by atoms with E-state index in [9.17, 15) is 14.0 Å². The average molecular weight is 498 g/mol. The predicted molar refractivity (Wildman–Crippen MR) is 133 cm³/mol. The quantitative estimate of drug-likeness (QED) is 0.386. The van der Waals surface area contributed by atoms with Crippen molar-refractivity contribution in [3.05, 3.63) is 100.0 Å². The summed E-state index contributed by atoms with van der Waals surface area (Å²) in [5.74, 6) is -1.17. The number of carbonyl (C=O) groups is 2. The van der Waals surface area contributed by atoms with E-state index in [-0.39, 0.29) is 24.8 Å². The molecule has 0 bridgehead atoms. The second-order valence-electron chi connectivity index (χ2n) is 7.56. The number of hydrogen-bond donors (Lipinski definition) is 1. The van der Waals surface area contributed by atoms with Crippen LogP contribution in [0.5, 0.6) is 0 Å². The lowest BCUT2D eigenvalue weighted by atomic mass is 9.94. The highest BCUT2D eigenvalue weighted by Crippen LogP contribution is 2.45. The molecule has 2 aromatic carbocycles. The van der Waals surface area contributed by atoms with E-state index < -0.39 is 12.0 Å². The summed E-state index contributed by atoms with van der Waals surface area (Å²) in [5, 5.41) is 5.83. The number of rotatable bonds is 7. The van der Waals surface area contributed by atoms with Crippen molar-refractivity contribution in [1.82, 2.24) is 4.90 Å². The molecule has 1 amide bonds. The first kappa shape index (κ1) is 23.8. The zero-order valence-corrected chi connectivity index (χ0v) is 19.8. The highest BCUT2D eigenvalue weighted by atomic mass is 35.5. The Labute approximate surface area is 205 Å². The van der Waals surface area contributed by atoms with Gasteiger partial charge in [0.2, 0.25) is 5.91 Å². The molecule has 0 fully saturated rings. The molecule has 9 heteroatoms. The molecule has 0 aromatic heterocycles. The Morgan fingerprint density at radius 3 is 2.62 bits per heavy atom. The van der Waals surface area contributed by atoms with Crippen molar-refractivity contribution in [2.24, 2.45) is 4.99 Å². The first-order chi connectivity index (χ1) is 16.4. The molecular weight excluding hydrogens is 477 g/mol. The minimum absolute atomic E-state index is 0.0293. The number of benzene rings is 2. The SMILES string of the molecule is C=CCOC(=O)C1=C(C)N=C2SC=C(CC(=O)Nc3ccc(F)cc3)N2C1c1ccc(Cl)cc1. The molecule has 0 aliphatic carbocycles. The van der Waals surface area contributed by atoms with E-state index in [1.807, 2.05) is 22.4 Å². The molecule has 2 heterocycles. The largest absolute Gasteiger partial charge is 0.458 e. The Balaban J connectivity index is 1.65. The maximum atomic E-state index is 13.2. The highest BCUT2D eigenvalue weighted by molar-refractivity contribution is 8.16. The van der Waals surface area contributed by atoms with Crippen molar-refractivity contribution in [3.8, 4) is 0 Å². The smallest absolute Gasteiger partial charge is 0.338 e. The molecule has 2 aromatic rings. The topological polar surface area (TPSA) is 71.0 Å². The van der Waals surface area contributed by atoms with Crippen molar-refractivity contribution >= 4 is 46.1 Å². The predicted octanol–water partition coefficient (Wildman–Crippen LogP) is 5.81. The van der Waals surface area contributed by atoms with Gasteiger partial charge in [0.25, 0.3) is 0 Å². The number of allylic oxidation sites excluding steroid dienone is 1. The van der Waals surface area contributed by atoms with Crippen LogP contribution in [0.2, 0.25) is 5.02 Å². The molecule has 4 rings (SSSR count). The van der Waals surface area contributed by atoms with Crippen LogP contribution in [0, 0.1) is 5.82 Å². The fraction of sp³-hybridized carbons (Fsp3) is 0.160. The van der Waals surface area contributed by atoms with Gasteiger partial charge in [-0.3, -0.25) is 4.79 Å². The molecule has 1 N–H and O–H groups in total. The van der Waals surface area contributed by atoms with Crippen molar-refractivity contribution in [2.45, 2.75) is 19.4 Å². The van der Waals surface area contributed by atoms with Gasteiger partial charge in [-0.15, -0.1) is 0 Å². The number of fused-ring (bicyclic) bond motifs is 1. The van der Waals surface area contributed by atoms with Crippen molar-refractivity contribution in [1.29, 1.82) is 0 Å². The number of esters is 1. The molecule has 0 saturated heterocycles. The molecule has 34 heavy (non-hydrogen) atoms. The molecule has 0 radical (unpaired) electrons. The summed E-state index contributed by atoms with van der Waals surface area (Å²) in [5.41, 5.74) is 2.88. The van der Waals surface area contributed by atoms with Crippen molar-refractivity contribution < 1.29 is 18.7 Å². The lowest BCUT2D eigenvalue weighted by molar-refractivity contribution is -0.138. The molecule has 0 saturated carbocycles. The molecular formula is C25H21ClFN3O3S. The van der Waals surface area contributed by atoms with E-state index in [0.717, 1.165) is 5.56 Å². The average Bonchev–Trinajstić information content (AvgIpc) is 3.20. The number of amides is 1. The van der Waals surface area contributed by atoms with Crippen molar-refractivity contribution in [2.75, 3.05) is 11.9 Å². The van der Waals surface area contributed by atoms with Gasteiger partial charge in [-0.1, -0.05) is 48.2 Å². The second-order valence-corrected chi connectivity index (χ2v) is 8.84. The van der Waals surface area contributed by atoms with Crippen LogP contribution in [0.25, 0.3) is 0 Å². The van der Waals surface area contributed by atoms with E-state index in [4.69, 9.17) is 16.3 Å². The first-order valence-corrected chi connectivity index (χ1v) is 11.7. The van der Waals surface area contributed by atoms with Crippen LogP contribution in [0.4, 0.5) is 10.1 Å². The van der Waals surface area contributed by atoms with E-state index in [2.05, 4.69) is 16.9 Å². The van der Waals surface area contributed by atoms with Gasteiger partial charge in [-0.2, -0.15) is 0 Å². The van der Waals surface area contributed by atoms with Gasteiger partial charge in [-0.25, -0.2) is 14.2 Å². The third-order valence-electron chi connectivity index (χ3n) is 5.21. The molecule has 0 spiro atoms. The van der Waals surface area contributed by atoms with Crippen LogP contribution < -0.4 is 5.32 Å². The van der Waals surface area contributed by atoms with Gasteiger partial charge in [0.15, 0.2) is 5.17 Å². The Hall–Kier alpha value is -3.36. The summed E-state index contributed by atoms with van der Waals surface area (Å²) in [6.07, 6.45) is 1.53. The van der Waals surface area contributed by atoms with Gasteiger partial charge in [0.1, 0.15) is 12.4 Å². The van der Waals surface area contributed by atoms with E-state index >= 15 is 0 Å². The maximum absolute atomic E-state index is 13.2. The van der Waals surface area contributed by atoms with Gasteiger partial charge in [-0.05, 0) is 54.3 Å². The summed E-state index contributed by atoms with van der Waals surface area (Å²) in [6, 6.07) is 12.2. The molecule has 2 aliphatic rings. The number of ether oxygens (including phenoxy) is 1. The third-order valence-corrected chi connectivity index (χ3v) is 6.35. The van der Waals surface area contributed by atoms with Gasteiger partial charge >= 0.3 is 5.97 Å². The molecule has 1 atom stereocenters. The monoisotopic (exact) mass is 497 g/mol. The van der Waals surface area contributed by atoms with Crippen LogP contribution >= 0.6 is 23.4 Å². The fourth-order valence-corrected chi connectivity index (χ4v) is 4.80. The van der Waals surface area contributed by atoms with Crippen LogP contribution in [0.3, 0.4) is 0 Å². The number of halogens is 2.